The largest absolute Gasteiger partial charge is 0.357 e. The number of hydrogen-bond acceptors (Lipinski definition) is 6. The number of amides is 1. The van der Waals surface area contributed by atoms with Gasteiger partial charge in [0.2, 0.25) is 5.95 Å². The smallest absolute Gasteiger partial charge is 0.263 e. The van der Waals surface area contributed by atoms with Crippen molar-refractivity contribution in [3.63, 3.8) is 0 Å². The Labute approximate surface area is 157 Å². The van der Waals surface area contributed by atoms with E-state index in [0.29, 0.717) is 18.1 Å². The Bertz CT molecular complexity index is 1030. The molecule has 1 aromatic carbocycles. The van der Waals surface area contributed by atoms with Gasteiger partial charge in [0.25, 0.3) is 5.91 Å². The van der Waals surface area contributed by atoms with Gasteiger partial charge in [-0.05, 0) is 25.0 Å². The molecule has 2 aliphatic heterocycles. The van der Waals surface area contributed by atoms with Gasteiger partial charge in [-0.25, -0.2) is 4.98 Å². The van der Waals surface area contributed by atoms with Gasteiger partial charge in [0.1, 0.15) is 11.4 Å². The lowest BCUT2D eigenvalue weighted by atomic mass is 10.1. The molecule has 7 heteroatoms. The molecule has 0 spiro atoms. The van der Waals surface area contributed by atoms with Crippen LogP contribution in [0.1, 0.15) is 23.2 Å². The molecule has 0 aliphatic carbocycles. The summed E-state index contributed by atoms with van der Waals surface area (Å²) in [5.74, 6) is 1.23. The molecule has 0 unspecified atom stereocenters. The second kappa shape index (κ2) is 6.19. The fourth-order valence-electron chi connectivity index (χ4n) is 4.16. The van der Waals surface area contributed by atoms with Gasteiger partial charge in [-0.1, -0.05) is 12.1 Å². The summed E-state index contributed by atoms with van der Waals surface area (Å²) in [6.45, 7) is 1.56. The van der Waals surface area contributed by atoms with Crippen LogP contribution in [-0.4, -0.2) is 47.0 Å². The maximum atomic E-state index is 13.5. The van der Waals surface area contributed by atoms with Crippen LogP contribution in [0.15, 0.2) is 42.9 Å². The predicted octanol–water partition coefficient (Wildman–Crippen LogP) is 2.70. The molecule has 1 fully saturated rings. The van der Waals surface area contributed by atoms with E-state index in [1.54, 1.807) is 19.4 Å². The average molecular weight is 360 g/mol. The molecule has 7 nitrogen and oxygen atoms in total. The molecule has 5 rings (SSSR count). The van der Waals surface area contributed by atoms with Gasteiger partial charge in [-0.3, -0.25) is 9.78 Å². The molecule has 0 saturated carbocycles. The van der Waals surface area contributed by atoms with Crippen molar-refractivity contribution in [1.82, 2.24) is 15.0 Å². The summed E-state index contributed by atoms with van der Waals surface area (Å²) in [5, 5.41) is 5.03. The maximum Gasteiger partial charge on any atom is 0.263 e. The van der Waals surface area contributed by atoms with Crippen molar-refractivity contribution in [2.45, 2.75) is 18.9 Å². The first-order chi connectivity index (χ1) is 13.3. The first-order valence-electron chi connectivity index (χ1n) is 9.22. The fourth-order valence-corrected chi connectivity index (χ4v) is 4.16. The lowest BCUT2D eigenvalue weighted by Gasteiger charge is -2.27. The molecule has 2 aliphatic rings. The monoisotopic (exact) mass is 360 g/mol. The fraction of sp³-hybridized carbons (Fsp3) is 0.300. The van der Waals surface area contributed by atoms with Crippen LogP contribution < -0.4 is 15.1 Å². The zero-order valence-electron chi connectivity index (χ0n) is 15.1. The third kappa shape index (κ3) is 2.50. The van der Waals surface area contributed by atoms with Crippen LogP contribution in [0.5, 0.6) is 0 Å². The van der Waals surface area contributed by atoms with E-state index in [-0.39, 0.29) is 11.9 Å². The summed E-state index contributed by atoms with van der Waals surface area (Å²) in [7, 11) is 1.79. The van der Waals surface area contributed by atoms with Crippen LogP contribution in [0, 0.1) is 0 Å². The lowest BCUT2D eigenvalue weighted by Crippen LogP contribution is -2.39. The van der Waals surface area contributed by atoms with Crippen LogP contribution >= 0.6 is 0 Å². The first kappa shape index (κ1) is 16.0. The number of nitrogens with zero attached hydrogens (tertiary/aromatic N) is 5. The van der Waals surface area contributed by atoms with E-state index in [1.807, 2.05) is 35.4 Å². The van der Waals surface area contributed by atoms with E-state index in [1.165, 1.54) is 0 Å². The molecule has 0 bridgehead atoms. The van der Waals surface area contributed by atoms with Gasteiger partial charge < -0.3 is 15.1 Å². The number of anilines is 3. The van der Waals surface area contributed by atoms with Crippen LogP contribution in [0.3, 0.4) is 0 Å². The third-order valence-corrected chi connectivity index (χ3v) is 5.46. The number of carbonyl (C=O) groups is 1. The van der Waals surface area contributed by atoms with Gasteiger partial charge in [0.15, 0.2) is 0 Å². The second-order valence-electron chi connectivity index (χ2n) is 6.96. The molecular formula is C20H20N6O. The standard InChI is InChI=1S/C20H20N6O/c1-21-20-23-11-16-18(24-20)25-9-3-5-14(25)12-26(19(16)27)17-6-2-4-13-10-22-8-7-15(13)17/h2,4,6-8,10-11,14H,3,5,9,12H2,1H3,(H,21,23,24)/t14-/m0/s1. The minimum absolute atomic E-state index is 0.0497. The van der Waals surface area contributed by atoms with Gasteiger partial charge in [0, 0.05) is 55.5 Å². The summed E-state index contributed by atoms with van der Waals surface area (Å²) in [6, 6.07) is 8.23. The molecule has 1 N–H and O–H groups in total. The molecule has 0 radical (unpaired) electrons. The molecule has 1 saturated heterocycles. The summed E-state index contributed by atoms with van der Waals surface area (Å²) >= 11 is 0. The summed E-state index contributed by atoms with van der Waals surface area (Å²) < 4.78 is 0. The molecule has 4 heterocycles. The molecule has 3 aromatic rings. The Morgan fingerprint density at radius 2 is 2.15 bits per heavy atom. The molecule has 27 heavy (non-hydrogen) atoms. The summed E-state index contributed by atoms with van der Waals surface area (Å²) in [6.07, 6.45) is 7.40. The average Bonchev–Trinajstić information content (AvgIpc) is 3.15. The number of rotatable bonds is 2. The molecule has 1 atom stereocenters. The van der Waals surface area contributed by atoms with Crippen molar-refractivity contribution >= 4 is 34.1 Å². The predicted molar refractivity (Wildman–Crippen MR) is 105 cm³/mol. The number of aromatic nitrogens is 3. The van der Waals surface area contributed by atoms with Crippen molar-refractivity contribution in [2.24, 2.45) is 0 Å². The first-order valence-corrected chi connectivity index (χ1v) is 9.22. The highest BCUT2D eigenvalue weighted by Crippen LogP contribution is 2.36. The third-order valence-electron chi connectivity index (χ3n) is 5.46. The van der Waals surface area contributed by atoms with Crippen LogP contribution in [0.2, 0.25) is 0 Å². The number of pyridine rings is 1. The molecular weight excluding hydrogens is 340 g/mol. The van der Waals surface area contributed by atoms with Crippen molar-refractivity contribution in [3.8, 4) is 0 Å². The Morgan fingerprint density at radius 3 is 3.04 bits per heavy atom. The van der Waals surface area contributed by atoms with Gasteiger partial charge in [-0.2, -0.15) is 4.98 Å². The minimum Gasteiger partial charge on any atom is -0.357 e. The highest BCUT2D eigenvalue weighted by Gasteiger charge is 2.37. The number of carbonyl (C=O) groups excluding carboxylic acids is 1. The Hall–Kier alpha value is -3.22. The van der Waals surface area contributed by atoms with Crippen molar-refractivity contribution in [2.75, 3.05) is 35.3 Å². The number of nitrogens with one attached hydrogen (secondary N) is 1. The van der Waals surface area contributed by atoms with Crippen LogP contribution in [-0.2, 0) is 0 Å². The minimum atomic E-state index is -0.0497. The van der Waals surface area contributed by atoms with Crippen molar-refractivity contribution < 1.29 is 4.79 Å². The quantitative estimate of drug-likeness (QED) is 0.757. The molecule has 136 valence electrons. The van der Waals surface area contributed by atoms with E-state index in [9.17, 15) is 4.79 Å². The van der Waals surface area contributed by atoms with Crippen LogP contribution in [0.4, 0.5) is 17.5 Å². The maximum absolute atomic E-state index is 13.5. The van der Waals surface area contributed by atoms with Crippen LogP contribution in [0.25, 0.3) is 10.8 Å². The van der Waals surface area contributed by atoms with Crippen molar-refractivity contribution in [3.05, 3.63) is 48.4 Å². The Morgan fingerprint density at radius 1 is 1.22 bits per heavy atom. The highest BCUT2D eigenvalue weighted by molar-refractivity contribution is 6.13. The number of hydrogen-bond donors (Lipinski definition) is 1. The normalized spacial score (nSPS) is 19.0. The Kier molecular flexibility index (Phi) is 3.67. The molecule has 2 aromatic heterocycles. The SMILES string of the molecule is CNc1ncc2c(n1)N1CCC[C@H]1CN(c1cccc3cnccc13)C2=O. The lowest BCUT2D eigenvalue weighted by molar-refractivity contribution is 0.0988. The zero-order chi connectivity index (χ0) is 18.4. The van der Waals surface area contributed by atoms with Gasteiger partial charge >= 0.3 is 0 Å². The van der Waals surface area contributed by atoms with Crippen molar-refractivity contribution in [1.29, 1.82) is 0 Å². The number of benzene rings is 1. The second-order valence-corrected chi connectivity index (χ2v) is 6.96. The Balaban J connectivity index is 1.69. The van der Waals surface area contributed by atoms with E-state index >= 15 is 0 Å². The van der Waals surface area contributed by atoms with Gasteiger partial charge in [-0.15, -0.1) is 0 Å². The summed E-state index contributed by atoms with van der Waals surface area (Å²) in [5.41, 5.74) is 1.47. The molecule has 1 amide bonds. The van der Waals surface area contributed by atoms with E-state index < -0.39 is 0 Å². The van der Waals surface area contributed by atoms with Gasteiger partial charge in [0.05, 0.1) is 5.69 Å². The number of fused-ring (bicyclic) bond motifs is 4. The van der Waals surface area contributed by atoms with E-state index in [0.717, 1.165) is 41.7 Å². The van der Waals surface area contributed by atoms with E-state index in [2.05, 4.69) is 25.2 Å². The zero-order valence-corrected chi connectivity index (χ0v) is 15.1. The topological polar surface area (TPSA) is 74.2 Å². The summed E-state index contributed by atoms with van der Waals surface area (Å²) in [4.78, 5) is 30.8. The highest BCUT2D eigenvalue weighted by atomic mass is 16.2. The van der Waals surface area contributed by atoms with E-state index in [4.69, 9.17) is 0 Å².